The molecule has 2 aromatic rings. The van der Waals surface area contributed by atoms with Crippen molar-refractivity contribution in [3.05, 3.63) is 54.0 Å². The Bertz CT molecular complexity index is 591. The van der Waals surface area contributed by atoms with Crippen LogP contribution >= 0.6 is 0 Å². The highest BCUT2D eigenvalue weighted by molar-refractivity contribution is 6.39. The first-order chi connectivity index (χ1) is 9.66. The molecule has 1 aromatic carbocycles. The summed E-state index contributed by atoms with van der Waals surface area (Å²) in [6, 6.07) is 10.9. The van der Waals surface area contributed by atoms with Crippen LogP contribution in [0.25, 0.3) is 0 Å². The number of hydrogen-bond acceptors (Lipinski definition) is 3. The molecule has 0 unspecified atom stereocenters. The van der Waals surface area contributed by atoms with Crippen LogP contribution in [-0.2, 0) is 16.0 Å². The van der Waals surface area contributed by atoms with Crippen molar-refractivity contribution in [2.24, 2.45) is 0 Å². The van der Waals surface area contributed by atoms with E-state index in [1.54, 1.807) is 24.5 Å². The Kier molecular flexibility index (Phi) is 4.55. The van der Waals surface area contributed by atoms with E-state index in [-0.39, 0.29) is 0 Å². The Morgan fingerprint density at radius 1 is 1.10 bits per heavy atom. The van der Waals surface area contributed by atoms with E-state index < -0.39 is 11.8 Å². The minimum atomic E-state index is -0.668. The molecule has 1 aromatic heterocycles. The maximum absolute atomic E-state index is 11.7. The largest absolute Gasteiger partial charge is 0.469 e. The first kappa shape index (κ1) is 13.9. The number of nitrogens with one attached hydrogen (secondary N) is 2. The number of carbonyl (C=O) groups is 2. The number of benzene rings is 1. The van der Waals surface area contributed by atoms with Gasteiger partial charge < -0.3 is 15.1 Å². The summed E-state index contributed by atoms with van der Waals surface area (Å²) in [4.78, 5) is 23.3. The number of rotatable bonds is 4. The van der Waals surface area contributed by atoms with Gasteiger partial charge in [0.05, 0.1) is 6.26 Å². The zero-order chi connectivity index (χ0) is 14.4. The van der Waals surface area contributed by atoms with Crippen LogP contribution in [0.1, 0.15) is 11.3 Å². The third kappa shape index (κ3) is 3.71. The lowest BCUT2D eigenvalue weighted by molar-refractivity contribution is -0.136. The molecular formula is C15H16N2O3. The van der Waals surface area contributed by atoms with Crippen LogP contribution in [0.4, 0.5) is 5.69 Å². The Hall–Kier alpha value is -2.56. The molecule has 0 atom stereocenters. The summed E-state index contributed by atoms with van der Waals surface area (Å²) < 4.78 is 5.14. The number of aryl methyl sites for hydroxylation is 1. The highest BCUT2D eigenvalue weighted by Gasteiger charge is 2.13. The van der Waals surface area contributed by atoms with Crippen molar-refractivity contribution in [2.75, 3.05) is 11.9 Å². The molecule has 0 aliphatic rings. The van der Waals surface area contributed by atoms with Crippen LogP contribution in [0.2, 0.25) is 0 Å². The maximum atomic E-state index is 11.7. The topological polar surface area (TPSA) is 71.3 Å². The van der Waals surface area contributed by atoms with Gasteiger partial charge in [0.15, 0.2) is 0 Å². The monoisotopic (exact) mass is 272 g/mol. The summed E-state index contributed by atoms with van der Waals surface area (Å²) in [6.07, 6.45) is 2.12. The molecule has 1 heterocycles. The van der Waals surface area contributed by atoms with Crippen LogP contribution in [0.5, 0.6) is 0 Å². The molecule has 2 N–H and O–H groups in total. The average Bonchev–Trinajstić information content (AvgIpc) is 2.94. The van der Waals surface area contributed by atoms with Crippen molar-refractivity contribution in [1.29, 1.82) is 0 Å². The Balaban J connectivity index is 1.80. The molecule has 0 spiro atoms. The highest BCUT2D eigenvalue weighted by Crippen LogP contribution is 2.12. The quantitative estimate of drug-likeness (QED) is 0.835. The van der Waals surface area contributed by atoms with Gasteiger partial charge >= 0.3 is 11.8 Å². The van der Waals surface area contributed by atoms with E-state index in [1.807, 2.05) is 25.1 Å². The molecule has 5 heteroatoms. The standard InChI is InChI=1S/C15H16N2O3/c1-11-5-2-3-7-13(11)17-15(19)14(18)16-9-8-12-6-4-10-20-12/h2-7,10H,8-9H2,1H3,(H,16,18)(H,17,19). The first-order valence-corrected chi connectivity index (χ1v) is 6.34. The van der Waals surface area contributed by atoms with Crippen molar-refractivity contribution in [3.63, 3.8) is 0 Å². The minimum absolute atomic E-state index is 0.355. The molecular weight excluding hydrogens is 256 g/mol. The van der Waals surface area contributed by atoms with E-state index >= 15 is 0 Å². The second kappa shape index (κ2) is 6.56. The van der Waals surface area contributed by atoms with Gasteiger partial charge in [-0.05, 0) is 30.7 Å². The maximum Gasteiger partial charge on any atom is 0.313 e. The summed E-state index contributed by atoms with van der Waals surface area (Å²) in [5.74, 6) is -0.553. The van der Waals surface area contributed by atoms with Gasteiger partial charge in [-0.1, -0.05) is 18.2 Å². The predicted molar refractivity (Wildman–Crippen MR) is 75.2 cm³/mol. The molecule has 0 fully saturated rings. The molecule has 0 aliphatic heterocycles. The van der Waals surface area contributed by atoms with Crippen molar-refractivity contribution < 1.29 is 14.0 Å². The van der Waals surface area contributed by atoms with E-state index in [4.69, 9.17) is 4.42 Å². The van der Waals surface area contributed by atoms with E-state index in [0.717, 1.165) is 11.3 Å². The van der Waals surface area contributed by atoms with Crippen LogP contribution in [-0.4, -0.2) is 18.4 Å². The molecule has 0 bridgehead atoms. The molecule has 2 amide bonds. The number of carbonyl (C=O) groups excluding carboxylic acids is 2. The van der Waals surface area contributed by atoms with E-state index in [2.05, 4.69) is 10.6 Å². The molecule has 5 nitrogen and oxygen atoms in total. The first-order valence-electron chi connectivity index (χ1n) is 6.34. The molecule has 2 rings (SSSR count). The van der Waals surface area contributed by atoms with Crippen LogP contribution in [0, 0.1) is 6.92 Å². The fraction of sp³-hybridized carbons (Fsp3) is 0.200. The van der Waals surface area contributed by atoms with Gasteiger partial charge in [0.25, 0.3) is 0 Å². The third-order valence-electron chi connectivity index (χ3n) is 2.84. The second-order valence-electron chi connectivity index (χ2n) is 4.35. The molecule has 104 valence electrons. The second-order valence-corrected chi connectivity index (χ2v) is 4.35. The lowest BCUT2D eigenvalue weighted by Gasteiger charge is -2.08. The number of anilines is 1. The Morgan fingerprint density at radius 3 is 2.60 bits per heavy atom. The van der Waals surface area contributed by atoms with E-state index in [1.165, 1.54) is 0 Å². The van der Waals surface area contributed by atoms with Crippen LogP contribution in [0.15, 0.2) is 47.1 Å². The van der Waals surface area contributed by atoms with Gasteiger partial charge in [0.2, 0.25) is 0 Å². The molecule has 0 saturated carbocycles. The summed E-state index contributed by atoms with van der Waals surface area (Å²) in [5.41, 5.74) is 1.54. The van der Waals surface area contributed by atoms with E-state index in [0.29, 0.717) is 18.7 Å². The lowest BCUT2D eigenvalue weighted by atomic mass is 10.2. The minimum Gasteiger partial charge on any atom is -0.469 e. The van der Waals surface area contributed by atoms with Gasteiger partial charge in [-0.15, -0.1) is 0 Å². The van der Waals surface area contributed by atoms with Gasteiger partial charge in [0, 0.05) is 18.7 Å². The highest BCUT2D eigenvalue weighted by atomic mass is 16.3. The number of furan rings is 1. The lowest BCUT2D eigenvalue weighted by Crippen LogP contribution is -2.36. The fourth-order valence-electron chi connectivity index (χ4n) is 1.73. The number of amides is 2. The number of hydrogen-bond donors (Lipinski definition) is 2. The zero-order valence-electron chi connectivity index (χ0n) is 11.2. The molecule has 0 aliphatic carbocycles. The van der Waals surface area contributed by atoms with Gasteiger partial charge in [-0.25, -0.2) is 0 Å². The normalized spacial score (nSPS) is 10.1. The van der Waals surface area contributed by atoms with Crippen molar-refractivity contribution in [2.45, 2.75) is 13.3 Å². The Labute approximate surface area is 117 Å². The Morgan fingerprint density at radius 2 is 1.90 bits per heavy atom. The molecule has 0 radical (unpaired) electrons. The van der Waals surface area contributed by atoms with Crippen molar-refractivity contribution in [3.8, 4) is 0 Å². The summed E-state index contributed by atoms with van der Waals surface area (Å²) in [5, 5.41) is 5.13. The predicted octanol–water partition coefficient (Wildman–Crippen LogP) is 1.89. The van der Waals surface area contributed by atoms with Gasteiger partial charge in [-0.2, -0.15) is 0 Å². The van der Waals surface area contributed by atoms with Crippen molar-refractivity contribution in [1.82, 2.24) is 5.32 Å². The van der Waals surface area contributed by atoms with Crippen molar-refractivity contribution >= 4 is 17.5 Å². The van der Waals surface area contributed by atoms with Crippen LogP contribution in [0.3, 0.4) is 0 Å². The number of para-hydroxylation sites is 1. The van der Waals surface area contributed by atoms with Gasteiger partial charge in [-0.3, -0.25) is 9.59 Å². The molecule has 20 heavy (non-hydrogen) atoms. The summed E-state index contributed by atoms with van der Waals surface area (Å²) in [7, 11) is 0. The smallest absolute Gasteiger partial charge is 0.313 e. The summed E-state index contributed by atoms with van der Waals surface area (Å²) in [6.45, 7) is 2.22. The summed E-state index contributed by atoms with van der Waals surface area (Å²) >= 11 is 0. The van der Waals surface area contributed by atoms with E-state index in [9.17, 15) is 9.59 Å². The van der Waals surface area contributed by atoms with Crippen LogP contribution < -0.4 is 10.6 Å². The fourth-order valence-corrected chi connectivity index (χ4v) is 1.73. The SMILES string of the molecule is Cc1ccccc1NC(=O)C(=O)NCCc1ccco1. The van der Waals surface area contributed by atoms with Gasteiger partial charge in [0.1, 0.15) is 5.76 Å². The average molecular weight is 272 g/mol. The zero-order valence-corrected chi connectivity index (χ0v) is 11.2. The molecule has 0 saturated heterocycles. The third-order valence-corrected chi connectivity index (χ3v) is 2.84.